The zero-order chi connectivity index (χ0) is 20.5. The van der Waals surface area contributed by atoms with E-state index in [2.05, 4.69) is 21.3 Å². The summed E-state index contributed by atoms with van der Waals surface area (Å²) in [5, 5.41) is 8.65. The number of hydrogen-bond acceptors (Lipinski definition) is 8. The average Bonchev–Trinajstić information content (AvgIpc) is 3.63. The minimum absolute atomic E-state index is 0.271. The third kappa shape index (κ3) is 3.39. The third-order valence-corrected chi connectivity index (χ3v) is 7.12. The van der Waals surface area contributed by atoms with E-state index < -0.39 is 0 Å². The Hall–Kier alpha value is -2.23. The van der Waals surface area contributed by atoms with Crippen molar-refractivity contribution < 1.29 is 18.9 Å². The van der Waals surface area contributed by atoms with Crippen LogP contribution in [0.3, 0.4) is 0 Å². The second-order valence-corrected chi connectivity index (χ2v) is 10.1. The van der Waals surface area contributed by atoms with Gasteiger partial charge in [0.1, 0.15) is 17.1 Å². The molecule has 0 radical (unpaired) electrons. The Kier molecular flexibility index (Phi) is 3.93. The highest BCUT2D eigenvalue weighted by Gasteiger charge is 2.49. The summed E-state index contributed by atoms with van der Waals surface area (Å²) in [6.07, 6.45) is 8.45. The summed E-state index contributed by atoms with van der Waals surface area (Å²) in [4.78, 5) is 7.08. The van der Waals surface area contributed by atoms with Crippen molar-refractivity contribution in [3.05, 3.63) is 18.5 Å². The normalized spacial score (nSPS) is 26.0. The molecule has 164 valence electrons. The van der Waals surface area contributed by atoms with Crippen LogP contribution in [0.2, 0.25) is 0 Å². The quantitative estimate of drug-likeness (QED) is 0.694. The second-order valence-electron chi connectivity index (χ2n) is 10.1. The Morgan fingerprint density at radius 2 is 1.87 bits per heavy atom. The molecule has 0 unspecified atom stereocenters. The number of rotatable bonds is 6. The summed E-state index contributed by atoms with van der Waals surface area (Å²) in [5.41, 5.74) is 3.21. The Morgan fingerprint density at radius 1 is 1.06 bits per heavy atom. The van der Waals surface area contributed by atoms with Gasteiger partial charge in [0.25, 0.3) is 0 Å². The summed E-state index contributed by atoms with van der Waals surface area (Å²) in [5.74, 6) is 0.790. The van der Waals surface area contributed by atoms with E-state index in [9.17, 15) is 0 Å². The van der Waals surface area contributed by atoms with E-state index in [1.165, 1.54) is 12.8 Å². The number of nitrogens with zero attached hydrogens (tertiary/aromatic N) is 5. The van der Waals surface area contributed by atoms with Gasteiger partial charge in [0.05, 0.1) is 62.6 Å². The summed E-state index contributed by atoms with van der Waals surface area (Å²) < 4.78 is 25.2. The van der Waals surface area contributed by atoms with Crippen LogP contribution in [0.1, 0.15) is 25.7 Å². The largest absolute Gasteiger partial charge is 0.488 e. The molecule has 2 aliphatic carbocycles. The van der Waals surface area contributed by atoms with E-state index in [1.54, 1.807) is 4.68 Å². The fourth-order valence-corrected chi connectivity index (χ4v) is 4.62. The van der Waals surface area contributed by atoms with E-state index in [4.69, 9.17) is 23.9 Å². The third-order valence-electron chi connectivity index (χ3n) is 7.12. The lowest BCUT2D eigenvalue weighted by atomic mass is 9.78. The lowest BCUT2D eigenvalue weighted by molar-refractivity contribution is -0.213. The number of aromatic nitrogens is 4. The van der Waals surface area contributed by atoms with Crippen molar-refractivity contribution in [1.82, 2.24) is 20.0 Å². The van der Waals surface area contributed by atoms with Crippen LogP contribution in [0, 0.1) is 10.8 Å². The van der Waals surface area contributed by atoms with Crippen LogP contribution >= 0.6 is 0 Å². The molecule has 5 aliphatic rings. The highest BCUT2D eigenvalue weighted by molar-refractivity contribution is 5.66. The molecule has 5 fully saturated rings. The van der Waals surface area contributed by atoms with Gasteiger partial charge in [-0.2, -0.15) is 0 Å². The van der Waals surface area contributed by atoms with Crippen LogP contribution in [-0.4, -0.2) is 71.9 Å². The minimum atomic E-state index is -0.271. The van der Waals surface area contributed by atoms with E-state index in [0.29, 0.717) is 23.1 Å². The lowest BCUT2D eigenvalue weighted by Crippen LogP contribution is -2.66. The molecular weight excluding hydrogens is 398 g/mol. The van der Waals surface area contributed by atoms with Crippen LogP contribution in [0.5, 0.6) is 5.75 Å². The van der Waals surface area contributed by atoms with Crippen molar-refractivity contribution in [2.75, 3.05) is 44.4 Å². The summed E-state index contributed by atoms with van der Waals surface area (Å²) in [7, 11) is 0. The number of anilines is 1. The Labute approximate surface area is 180 Å². The molecule has 0 N–H and O–H groups in total. The van der Waals surface area contributed by atoms with Gasteiger partial charge in [-0.3, -0.25) is 0 Å². The summed E-state index contributed by atoms with van der Waals surface area (Å²) in [6.45, 7) is 5.89. The van der Waals surface area contributed by atoms with Crippen molar-refractivity contribution in [3.63, 3.8) is 0 Å². The maximum absolute atomic E-state index is 6.21. The molecule has 0 atom stereocenters. The number of ether oxygens (including phenoxy) is 4. The Morgan fingerprint density at radius 3 is 2.55 bits per heavy atom. The minimum Gasteiger partial charge on any atom is -0.488 e. The second kappa shape index (κ2) is 6.63. The van der Waals surface area contributed by atoms with Crippen molar-refractivity contribution in [2.24, 2.45) is 10.8 Å². The van der Waals surface area contributed by atoms with Gasteiger partial charge in [0, 0.05) is 24.6 Å². The standard InChI is InChI=1S/C22H27N5O4/c1-2-16(1)31-18-5-15(26-9-22(10-26)11-28-12-22)6-23-20(18)17-7-27(25-24-17)8-19-29-13-21(3-4-21)14-30-19/h5-7,16,19H,1-4,8-14H2. The molecule has 2 aromatic rings. The van der Waals surface area contributed by atoms with Crippen LogP contribution in [0.15, 0.2) is 18.5 Å². The number of hydrogen-bond donors (Lipinski definition) is 0. The molecule has 0 amide bonds. The number of pyridine rings is 1. The van der Waals surface area contributed by atoms with E-state index in [-0.39, 0.29) is 12.4 Å². The monoisotopic (exact) mass is 425 g/mol. The Bertz CT molecular complexity index is 980. The maximum Gasteiger partial charge on any atom is 0.177 e. The fourth-order valence-electron chi connectivity index (χ4n) is 4.62. The molecule has 5 heterocycles. The molecule has 0 aromatic carbocycles. The first-order chi connectivity index (χ1) is 15.2. The van der Waals surface area contributed by atoms with Gasteiger partial charge in [0.15, 0.2) is 6.29 Å². The molecule has 7 rings (SSSR count). The predicted molar refractivity (Wildman–Crippen MR) is 110 cm³/mol. The smallest absolute Gasteiger partial charge is 0.177 e. The van der Waals surface area contributed by atoms with Gasteiger partial charge in [-0.15, -0.1) is 5.10 Å². The van der Waals surface area contributed by atoms with Crippen molar-refractivity contribution in [3.8, 4) is 17.1 Å². The van der Waals surface area contributed by atoms with Crippen LogP contribution in [0.25, 0.3) is 11.4 Å². The molecule has 3 aliphatic heterocycles. The molecule has 9 heteroatoms. The van der Waals surface area contributed by atoms with Crippen LogP contribution in [-0.2, 0) is 20.8 Å². The zero-order valence-electron chi connectivity index (χ0n) is 17.5. The molecular formula is C22H27N5O4. The van der Waals surface area contributed by atoms with E-state index in [0.717, 1.165) is 69.5 Å². The average molecular weight is 425 g/mol. The Balaban J connectivity index is 1.08. The summed E-state index contributed by atoms with van der Waals surface area (Å²) >= 11 is 0. The van der Waals surface area contributed by atoms with Gasteiger partial charge in [-0.05, 0) is 25.7 Å². The summed E-state index contributed by atoms with van der Waals surface area (Å²) in [6, 6.07) is 2.11. The fraction of sp³-hybridized carbons (Fsp3) is 0.682. The van der Waals surface area contributed by atoms with Gasteiger partial charge >= 0.3 is 0 Å². The van der Waals surface area contributed by atoms with Gasteiger partial charge in [-0.25, -0.2) is 9.67 Å². The van der Waals surface area contributed by atoms with Crippen molar-refractivity contribution in [2.45, 2.75) is 44.6 Å². The maximum atomic E-state index is 6.21. The first-order valence-corrected chi connectivity index (χ1v) is 11.3. The first kappa shape index (κ1) is 18.4. The van der Waals surface area contributed by atoms with Crippen molar-refractivity contribution >= 4 is 5.69 Å². The molecule has 3 saturated heterocycles. The first-order valence-electron chi connectivity index (χ1n) is 11.3. The molecule has 2 aromatic heterocycles. The van der Waals surface area contributed by atoms with Gasteiger partial charge in [0.2, 0.25) is 0 Å². The molecule has 0 bridgehead atoms. The van der Waals surface area contributed by atoms with Gasteiger partial charge < -0.3 is 23.8 Å². The molecule has 2 spiro atoms. The lowest BCUT2D eigenvalue weighted by Gasteiger charge is -2.55. The van der Waals surface area contributed by atoms with Gasteiger partial charge in [-0.1, -0.05) is 5.21 Å². The predicted octanol–water partition coefficient (Wildman–Crippen LogP) is 1.87. The molecule has 9 nitrogen and oxygen atoms in total. The highest BCUT2D eigenvalue weighted by atomic mass is 16.7. The van der Waals surface area contributed by atoms with Crippen LogP contribution in [0.4, 0.5) is 5.69 Å². The van der Waals surface area contributed by atoms with E-state index in [1.807, 2.05) is 12.4 Å². The SMILES string of the molecule is c1nc(-c2cn(CC3OCC4(CC4)CO3)nn2)c(OC2CC2)cc1N1CC2(COC2)C1. The van der Waals surface area contributed by atoms with Crippen LogP contribution < -0.4 is 9.64 Å². The highest BCUT2D eigenvalue weighted by Crippen LogP contribution is 2.48. The zero-order valence-corrected chi connectivity index (χ0v) is 17.5. The molecule has 2 saturated carbocycles. The molecule has 31 heavy (non-hydrogen) atoms. The topological polar surface area (TPSA) is 83.8 Å². The van der Waals surface area contributed by atoms with Crippen molar-refractivity contribution in [1.29, 1.82) is 0 Å². The van der Waals surface area contributed by atoms with E-state index >= 15 is 0 Å².